The predicted octanol–water partition coefficient (Wildman–Crippen LogP) is 3.17. The van der Waals surface area contributed by atoms with Crippen LogP contribution in [0, 0.1) is 37.3 Å². The van der Waals surface area contributed by atoms with E-state index in [-0.39, 0.29) is 11.4 Å². The average molecular weight is 334 g/mol. The number of aryl methyl sites for hydroxylation is 1. The number of phenols is 1. The highest BCUT2D eigenvalue weighted by molar-refractivity contribution is 5.82. The van der Waals surface area contributed by atoms with E-state index in [1.807, 2.05) is 0 Å². The molecule has 0 atom stereocenters. The molecule has 0 aliphatic rings. The van der Waals surface area contributed by atoms with Crippen LogP contribution >= 0.6 is 0 Å². The van der Waals surface area contributed by atoms with Gasteiger partial charge in [0.1, 0.15) is 5.75 Å². The molecule has 0 saturated carbocycles. The van der Waals surface area contributed by atoms with Gasteiger partial charge in [0, 0.05) is 0 Å². The molecule has 11 nitrogen and oxygen atoms in total. The fraction of sp³-hybridized carbons (Fsp3) is 0.0769. The van der Waals surface area contributed by atoms with Gasteiger partial charge in [-0.2, -0.15) is 0 Å². The monoisotopic (exact) mass is 334 g/mol. The number of nitrogens with zero attached hydrogens (tertiary/aromatic N) is 3. The first kappa shape index (κ1) is 16.6. The molecule has 0 heterocycles. The Bertz CT molecular complexity index is 830. The fourth-order valence-electron chi connectivity index (χ4n) is 2.00. The van der Waals surface area contributed by atoms with Crippen LogP contribution in [0.1, 0.15) is 5.56 Å². The van der Waals surface area contributed by atoms with Crippen molar-refractivity contribution in [3.05, 3.63) is 66.2 Å². The first-order chi connectivity index (χ1) is 11.2. The second-order valence-electron chi connectivity index (χ2n) is 4.78. The van der Waals surface area contributed by atoms with Crippen LogP contribution in [-0.2, 0) is 0 Å². The number of non-ortho nitro benzene ring substituents is 1. The highest BCUT2D eigenvalue weighted by Gasteiger charge is 2.31. The lowest BCUT2D eigenvalue weighted by atomic mass is 10.1. The van der Waals surface area contributed by atoms with Crippen molar-refractivity contribution >= 4 is 28.4 Å². The van der Waals surface area contributed by atoms with Crippen molar-refractivity contribution in [3.8, 4) is 5.75 Å². The minimum absolute atomic E-state index is 0.0133. The predicted molar refractivity (Wildman–Crippen MR) is 82.5 cm³/mol. The van der Waals surface area contributed by atoms with E-state index in [1.165, 1.54) is 12.1 Å². The van der Waals surface area contributed by atoms with E-state index < -0.39 is 37.5 Å². The van der Waals surface area contributed by atoms with Crippen molar-refractivity contribution in [3.63, 3.8) is 0 Å². The Morgan fingerprint density at radius 2 is 1.46 bits per heavy atom. The second-order valence-corrected chi connectivity index (χ2v) is 4.78. The molecule has 2 N–H and O–H groups in total. The van der Waals surface area contributed by atoms with Gasteiger partial charge in [-0.1, -0.05) is 6.07 Å². The van der Waals surface area contributed by atoms with Gasteiger partial charge in [-0.25, -0.2) is 0 Å². The molecule has 2 rings (SSSR count). The van der Waals surface area contributed by atoms with E-state index in [0.717, 1.165) is 0 Å². The second kappa shape index (κ2) is 6.16. The molecule has 0 unspecified atom stereocenters. The quantitative estimate of drug-likeness (QED) is 0.478. The number of hydrogen-bond acceptors (Lipinski definition) is 8. The highest BCUT2D eigenvalue weighted by Crippen LogP contribution is 2.41. The first-order valence-electron chi connectivity index (χ1n) is 6.38. The highest BCUT2D eigenvalue weighted by atomic mass is 16.6. The van der Waals surface area contributed by atoms with Crippen LogP contribution in [0.25, 0.3) is 0 Å². The van der Waals surface area contributed by atoms with Crippen LogP contribution in [-0.4, -0.2) is 19.9 Å². The number of nitrogens with one attached hydrogen (secondary N) is 1. The third-order valence-corrected chi connectivity index (χ3v) is 3.10. The summed E-state index contributed by atoms with van der Waals surface area (Å²) in [5.74, 6) is -0.281. The number of rotatable bonds is 5. The average Bonchev–Trinajstić information content (AvgIpc) is 2.49. The van der Waals surface area contributed by atoms with Gasteiger partial charge in [0.2, 0.25) is 0 Å². The molecular weight excluding hydrogens is 324 g/mol. The Balaban J connectivity index is 2.68. The van der Waals surface area contributed by atoms with Crippen molar-refractivity contribution in [2.24, 2.45) is 0 Å². The molecule has 0 aromatic heterocycles. The molecule has 2 aromatic rings. The lowest BCUT2D eigenvalue weighted by molar-refractivity contribution is -0.401. The summed E-state index contributed by atoms with van der Waals surface area (Å²) in [6.07, 6.45) is 0. The maximum Gasteiger partial charge on any atom is 0.306 e. The molecule has 0 spiro atoms. The maximum atomic E-state index is 11.2. The third kappa shape index (κ3) is 3.19. The largest absolute Gasteiger partial charge is 0.506 e. The summed E-state index contributed by atoms with van der Waals surface area (Å²) in [5.41, 5.74) is -2.36. The van der Waals surface area contributed by atoms with E-state index in [4.69, 9.17) is 0 Å². The topological polar surface area (TPSA) is 162 Å². The minimum atomic E-state index is -0.979. The van der Waals surface area contributed by atoms with E-state index in [9.17, 15) is 35.4 Å². The van der Waals surface area contributed by atoms with Crippen molar-refractivity contribution in [2.75, 3.05) is 5.32 Å². The Labute approximate surface area is 133 Å². The summed E-state index contributed by atoms with van der Waals surface area (Å²) in [6, 6.07) is 5.52. The SMILES string of the molecule is Cc1ccc(Nc2c([N+](=O)[O-])cc([N+](=O)[O-])cc2[N+](=O)[O-])c(O)c1. The van der Waals surface area contributed by atoms with E-state index >= 15 is 0 Å². The van der Waals surface area contributed by atoms with Gasteiger partial charge < -0.3 is 10.4 Å². The zero-order valence-electron chi connectivity index (χ0n) is 12.1. The summed E-state index contributed by atoms with van der Waals surface area (Å²) >= 11 is 0. The standard InChI is InChI=1S/C13H10N4O7/c1-7-2-3-9(12(18)4-7)14-13-10(16(21)22)5-8(15(19)20)6-11(13)17(23)24/h2-6,14,18H,1H3. The zero-order chi connectivity index (χ0) is 18.0. The number of aromatic hydroxyl groups is 1. The van der Waals surface area contributed by atoms with Crippen molar-refractivity contribution in [1.29, 1.82) is 0 Å². The van der Waals surface area contributed by atoms with Crippen LogP contribution in [0.15, 0.2) is 30.3 Å². The van der Waals surface area contributed by atoms with Gasteiger partial charge in [-0.3, -0.25) is 30.3 Å². The van der Waals surface area contributed by atoms with Gasteiger partial charge >= 0.3 is 11.4 Å². The molecule has 2 aromatic carbocycles. The van der Waals surface area contributed by atoms with Crippen molar-refractivity contribution in [2.45, 2.75) is 6.92 Å². The number of hydrogen-bond donors (Lipinski definition) is 2. The van der Waals surface area contributed by atoms with Crippen molar-refractivity contribution in [1.82, 2.24) is 0 Å². The smallest absolute Gasteiger partial charge is 0.306 e. The van der Waals surface area contributed by atoms with Crippen molar-refractivity contribution < 1.29 is 19.9 Å². The molecule has 0 aliphatic carbocycles. The molecule has 0 amide bonds. The summed E-state index contributed by atoms with van der Waals surface area (Å²) < 4.78 is 0. The van der Waals surface area contributed by atoms with Gasteiger partial charge in [-0.05, 0) is 24.6 Å². The molecular formula is C13H10N4O7. The van der Waals surface area contributed by atoms with Gasteiger partial charge in [-0.15, -0.1) is 0 Å². The van der Waals surface area contributed by atoms with Gasteiger partial charge in [0.05, 0.1) is 32.6 Å². The van der Waals surface area contributed by atoms with Gasteiger partial charge in [0.25, 0.3) is 5.69 Å². The van der Waals surface area contributed by atoms with E-state index in [1.54, 1.807) is 13.0 Å². The molecule has 0 saturated heterocycles. The van der Waals surface area contributed by atoms with Crippen LogP contribution in [0.4, 0.5) is 28.4 Å². The number of nitro groups is 3. The van der Waals surface area contributed by atoms with E-state index in [2.05, 4.69) is 5.32 Å². The Hall–Kier alpha value is -3.76. The summed E-state index contributed by atoms with van der Waals surface area (Å²) in [7, 11) is 0. The fourth-order valence-corrected chi connectivity index (χ4v) is 2.00. The van der Waals surface area contributed by atoms with Crippen LogP contribution in [0.5, 0.6) is 5.75 Å². The van der Waals surface area contributed by atoms with Crippen LogP contribution in [0.3, 0.4) is 0 Å². The van der Waals surface area contributed by atoms with Crippen LogP contribution < -0.4 is 5.32 Å². The minimum Gasteiger partial charge on any atom is -0.506 e. The molecule has 24 heavy (non-hydrogen) atoms. The number of benzene rings is 2. The Kier molecular flexibility index (Phi) is 4.26. The molecule has 11 heteroatoms. The van der Waals surface area contributed by atoms with Crippen LogP contribution in [0.2, 0.25) is 0 Å². The lowest BCUT2D eigenvalue weighted by Gasteiger charge is -2.10. The summed E-state index contributed by atoms with van der Waals surface area (Å²) in [5, 5.41) is 45.4. The Morgan fingerprint density at radius 3 is 1.88 bits per heavy atom. The molecule has 124 valence electrons. The molecule has 0 fully saturated rings. The maximum absolute atomic E-state index is 11.2. The molecule has 0 bridgehead atoms. The number of phenolic OH excluding ortho intramolecular Hbond substituents is 1. The normalized spacial score (nSPS) is 10.2. The molecule has 0 aliphatic heterocycles. The number of nitro benzene ring substituents is 3. The third-order valence-electron chi connectivity index (χ3n) is 3.10. The summed E-state index contributed by atoms with van der Waals surface area (Å²) in [4.78, 5) is 30.2. The zero-order valence-corrected chi connectivity index (χ0v) is 12.1. The molecule has 0 radical (unpaired) electrons. The van der Waals surface area contributed by atoms with Gasteiger partial charge in [0.15, 0.2) is 5.69 Å². The summed E-state index contributed by atoms with van der Waals surface area (Å²) in [6.45, 7) is 1.69. The lowest BCUT2D eigenvalue weighted by Crippen LogP contribution is -2.03. The first-order valence-corrected chi connectivity index (χ1v) is 6.38. The van der Waals surface area contributed by atoms with E-state index in [0.29, 0.717) is 17.7 Å². The Morgan fingerprint density at radius 1 is 0.917 bits per heavy atom. The number of anilines is 2.